The molecule has 0 radical (unpaired) electrons. The van der Waals surface area contributed by atoms with Gasteiger partial charge in [0.25, 0.3) is 5.91 Å². The third-order valence-electron chi connectivity index (χ3n) is 5.30. The summed E-state index contributed by atoms with van der Waals surface area (Å²) in [7, 11) is 1.60. The van der Waals surface area contributed by atoms with Crippen LogP contribution in [-0.2, 0) is 4.74 Å². The molecule has 31 heavy (non-hydrogen) atoms. The Morgan fingerprint density at radius 1 is 1.23 bits per heavy atom. The zero-order valence-electron chi connectivity index (χ0n) is 17.9. The first-order valence-corrected chi connectivity index (χ1v) is 10.2. The average Bonchev–Trinajstić information content (AvgIpc) is 3.33. The highest BCUT2D eigenvalue weighted by molar-refractivity contribution is 6.10. The van der Waals surface area contributed by atoms with Crippen LogP contribution in [0.25, 0.3) is 0 Å². The number of ether oxygens (including phenoxy) is 2. The number of H-pyrrole nitrogens is 1. The van der Waals surface area contributed by atoms with Crippen molar-refractivity contribution in [3.05, 3.63) is 70.7 Å². The zero-order valence-corrected chi connectivity index (χ0v) is 17.9. The molecule has 0 saturated heterocycles. The number of nitrogens with one attached hydrogen (secondary N) is 1. The molecular formula is C23H24N4O4. The molecule has 1 N–H and O–H groups in total. The molecule has 3 aromatic rings. The number of hydrogen-bond acceptors (Lipinski definition) is 6. The molecule has 0 fully saturated rings. The number of anilines is 1. The Hall–Kier alpha value is -3.68. The van der Waals surface area contributed by atoms with Gasteiger partial charge in [0, 0.05) is 23.0 Å². The van der Waals surface area contributed by atoms with Crippen LogP contribution in [0, 0.1) is 0 Å². The molecule has 0 bridgehead atoms. The Balaban J connectivity index is 1.85. The number of esters is 1. The summed E-state index contributed by atoms with van der Waals surface area (Å²) in [6, 6.07) is 10.4. The van der Waals surface area contributed by atoms with E-state index >= 15 is 0 Å². The second-order valence-electron chi connectivity index (χ2n) is 7.50. The van der Waals surface area contributed by atoms with Crippen molar-refractivity contribution in [2.24, 2.45) is 0 Å². The van der Waals surface area contributed by atoms with Crippen molar-refractivity contribution >= 4 is 17.7 Å². The molecule has 4 rings (SSSR count). The first-order valence-electron chi connectivity index (χ1n) is 10.2. The van der Waals surface area contributed by atoms with E-state index in [1.165, 1.54) is 6.20 Å². The number of carbonyl (C=O) groups is 2. The summed E-state index contributed by atoms with van der Waals surface area (Å²) in [6.45, 7) is 6.12. The minimum Gasteiger partial charge on any atom is -0.496 e. The SMILES string of the molecule is CCOC(=O)c1ccc(N2C(=O)c3n[nH]c(C(C)C)c3C2c2ccccc2OC)nc1. The first-order chi connectivity index (χ1) is 15.0. The molecule has 3 heterocycles. The number of carbonyl (C=O) groups excluding carboxylic acids is 2. The Morgan fingerprint density at radius 2 is 2.00 bits per heavy atom. The van der Waals surface area contributed by atoms with Crippen LogP contribution in [0.1, 0.15) is 70.4 Å². The molecular weight excluding hydrogens is 396 g/mol. The molecule has 2 aromatic heterocycles. The van der Waals surface area contributed by atoms with E-state index in [-0.39, 0.29) is 18.4 Å². The van der Waals surface area contributed by atoms with Crippen molar-refractivity contribution < 1.29 is 19.1 Å². The van der Waals surface area contributed by atoms with Gasteiger partial charge in [-0.05, 0) is 31.0 Å². The van der Waals surface area contributed by atoms with Gasteiger partial charge in [0.2, 0.25) is 0 Å². The maximum absolute atomic E-state index is 13.4. The van der Waals surface area contributed by atoms with Crippen LogP contribution in [0.2, 0.25) is 0 Å². The molecule has 0 spiro atoms. The lowest BCUT2D eigenvalue weighted by atomic mass is 9.94. The first kappa shape index (κ1) is 20.6. The molecule has 1 unspecified atom stereocenters. The number of para-hydroxylation sites is 1. The van der Waals surface area contributed by atoms with Gasteiger partial charge < -0.3 is 9.47 Å². The van der Waals surface area contributed by atoms with Crippen molar-refractivity contribution in [1.82, 2.24) is 15.2 Å². The number of hydrogen-bond donors (Lipinski definition) is 1. The van der Waals surface area contributed by atoms with Gasteiger partial charge in [0.15, 0.2) is 5.69 Å². The quantitative estimate of drug-likeness (QED) is 0.608. The highest BCUT2D eigenvalue weighted by Crippen LogP contribution is 2.45. The Bertz CT molecular complexity index is 1120. The van der Waals surface area contributed by atoms with Gasteiger partial charge in [-0.1, -0.05) is 32.0 Å². The van der Waals surface area contributed by atoms with Gasteiger partial charge in [-0.15, -0.1) is 0 Å². The van der Waals surface area contributed by atoms with Crippen molar-refractivity contribution in [2.75, 3.05) is 18.6 Å². The van der Waals surface area contributed by atoms with E-state index in [0.717, 1.165) is 16.8 Å². The highest BCUT2D eigenvalue weighted by atomic mass is 16.5. The maximum Gasteiger partial charge on any atom is 0.339 e. The smallest absolute Gasteiger partial charge is 0.339 e. The predicted octanol–water partition coefficient (Wildman–Crippen LogP) is 3.86. The predicted molar refractivity (Wildman–Crippen MR) is 115 cm³/mol. The number of aromatic nitrogens is 3. The molecule has 160 valence electrons. The van der Waals surface area contributed by atoms with E-state index in [1.807, 2.05) is 38.1 Å². The molecule has 1 amide bonds. The molecule has 1 aliphatic rings. The minimum absolute atomic E-state index is 0.139. The van der Waals surface area contributed by atoms with E-state index in [9.17, 15) is 9.59 Å². The third-order valence-corrected chi connectivity index (χ3v) is 5.30. The summed E-state index contributed by atoms with van der Waals surface area (Å²) in [4.78, 5) is 31.4. The fourth-order valence-corrected chi connectivity index (χ4v) is 3.89. The van der Waals surface area contributed by atoms with Crippen LogP contribution < -0.4 is 9.64 Å². The molecule has 1 aliphatic heterocycles. The van der Waals surface area contributed by atoms with E-state index < -0.39 is 12.0 Å². The van der Waals surface area contributed by atoms with Gasteiger partial charge >= 0.3 is 5.97 Å². The van der Waals surface area contributed by atoms with Crippen LogP contribution in [0.5, 0.6) is 5.75 Å². The zero-order chi connectivity index (χ0) is 22.1. The number of fused-ring (bicyclic) bond motifs is 1. The van der Waals surface area contributed by atoms with E-state index in [2.05, 4.69) is 15.2 Å². The fourth-order valence-electron chi connectivity index (χ4n) is 3.89. The fraction of sp³-hybridized carbons (Fsp3) is 0.304. The highest BCUT2D eigenvalue weighted by Gasteiger charge is 2.45. The number of aromatic amines is 1. The van der Waals surface area contributed by atoms with Crippen LogP contribution >= 0.6 is 0 Å². The number of nitrogens with zero attached hydrogens (tertiary/aromatic N) is 3. The second-order valence-corrected chi connectivity index (χ2v) is 7.50. The Kier molecular flexibility index (Phi) is 5.46. The van der Waals surface area contributed by atoms with Gasteiger partial charge in [-0.3, -0.25) is 14.8 Å². The lowest BCUT2D eigenvalue weighted by molar-refractivity contribution is 0.0526. The van der Waals surface area contributed by atoms with Crippen molar-refractivity contribution in [3.63, 3.8) is 0 Å². The van der Waals surface area contributed by atoms with Gasteiger partial charge in [0.05, 0.1) is 25.3 Å². The summed E-state index contributed by atoms with van der Waals surface area (Å²) in [5, 5.41) is 7.35. The number of methoxy groups -OCH3 is 1. The summed E-state index contributed by atoms with van der Waals surface area (Å²) >= 11 is 0. The van der Waals surface area contributed by atoms with Crippen LogP contribution in [0.3, 0.4) is 0 Å². The lowest BCUT2D eigenvalue weighted by Crippen LogP contribution is -2.30. The molecule has 0 aliphatic carbocycles. The summed E-state index contributed by atoms with van der Waals surface area (Å²) in [5.41, 5.74) is 3.24. The standard InChI is InChI=1S/C23H24N4O4/c1-5-31-23(29)14-10-11-17(24-12-14)27-21(15-8-6-7-9-16(15)30-4)18-19(13(2)3)25-26-20(18)22(27)28/h6-13,21H,5H2,1-4H3,(H,25,26). The minimum atomic E-state index is -0.462. The van der Waals surface area contributed by atoms with Crippen LogP contribution in [-0.4, -0.2) is 40.8 Å². The van der Waals surface area contributed by atoms with E-state index in [1.54, 1.807) is 31.1 Å². The van der Waals surface area contributed by atoms with Gasteiger partial charge in [0.1, 0.15) is 11.6 Å². The van der Waals surface area contributed by atoms with Crippen molar-refractivity contribution in [2.45, 2.75) is 32.7 Å². The summed E-state index contributed by atoms with van der Waals surface area (Å²) < 4.78 is 10.6. The van der Waals surface area contributed by atoms with Crippen molar-refractivity contribution in [1.29, 1.82) is 0 Å². The largest absolute Gasteiger partial charge is 0.496 e. The number of pyridine rings is 1. The number of benzene rings is 1. The second kappa shape index (κ2) is 8.22. The number of rotatable bonds is 6. The van der Waals surface area contributed by atoms with Gasteiger partial charge in [-0.25, -0.2) is 9.78 Å². The van der Waals surface area contributed by atoms with Crippen LogP contribution in [0.4, 0.5) is 5.82 Å². The molecule has 1 aromatic carbocycles. The molecule has 8 heteroatoms. The maximum atomic E-state index is 13.4. The molecule has 0 saturated carbocycles. The lowest BCUT2D eigenvalue weighted by Gasteiger charge is -2.27. The monoisotopic (exact) mass is 420 g/mol. The summed E-state index contributed by atoms with van der Waals surface area (Å²) in [5.74, 6) is 0.510. The molecule has 1 atom stereocenters. The number of amides is 1. The van der Waals surface area contributed by atoms with Gasteiger partial charge in [-0.2, -0.15) is 5.10 Å². The van der Waals surface area contributed by atoms with Crippen LogP contribution in [0.15, 0.2) is 42.6 Å². The van der Waals surface area contributed by atoms with E-state index in [4.69, 9.17) is 9.47 Å². The Morgan fingerprint density at radius 3 is 2.65 bits per heavy atom. The average molecular weight is 420 g/mol. The topological polar surface area (TPSA) is 97.4 Å². The normalized spacial score (nSPS) is 15.3. The Labute approximate surface area is 180 Å². The van der Waals surface area contributed by atoms with E-state index in [0.29, 0.717) is 22.8 Å². The third kappa shape index (κ3) is 3.43. The summed E-state index contributed by atoms with van der Waals surface area (Å²) in [6.07, 6.45) is 1.42. The molecule has 8 nitrogen and oxygen atoms in total. The van der Waals surface area contributed by atoms with Crippen molar-refractivity contribution in [3.8, 4) is 5.75 Å².